The Labute approximate surface area is 182 Å². The van der Waals surface area contributed by atoms with Crippen LogP contribution in [0.1, 0.15) is 17.3 Å². The maximum absolute atomic E-state index is 12.0. The van der Waals surface area contributed by atoms with Crippen LogP contribution in [0.4, 0.5) is 5.69 Å². The fraction of sp³-hybridized carbons (Fsp3) is 0.316. The summed E-state index contributed by atoms with van der Waals surface area (Å²) in [5.74, 6) is 1.72. The van der Waals surface area contributed by atoms with Crippen molar-refractivity contribution in [2.24, 2.45) is 4.99 Å². The Hall–Kier alpha value is -2.56. The van der Waals surface area contributed by atoms with Gasteiger partial charge in [0.25, 0.3) is 5.91 Å². The van der Waals surface area contributed by atoms with E-state index in [0.29, 0.717) is 42.7 Å². The average molecular weight is 499 g/mol. The molecule has 152 valence electrons. The lowest BCUT2D eigenvalue weighted by molar-refractivity contribution is 0.0954. The monoisotopic (exact) mass is 499 g/mol. The Morgan fingerprint density at radius 1 is 1.14 bits per heavy atom. The summed E-state index contributed by atoms with van der Waals surface area (Å²) in [4.78, 5) is 20.4. The number of amides is 1. The number of ether oxygens (including phenoxy) is 2. The number of halogens is 1. The summed E-state index contributed by atoms with van der Waals surface area (Å²) < 4.78 is 10.5. The van der Waals surface area contributed by atoms with E-state index in [4.69, 9.17) is 9.47 Å². The van der Waals surface area contributed by atoms with E-state index in [1.54, 1.807) is 32.5 Å². The molecule has 2 rings (SSSR count). The zero-order chi connectivity index (χ0) is 19.5. The van der Waals surface area contributed by atoms with E-state index in [1.807, 2.05) is 25.1 Å². The van der Waals surface area contributed by atoms with E-state index in [0.717, 1.165) is 5.69 Å². The second-order valence-corrected chi connectivity index (χ2v) is 5.45. The van der Waals surface area contributed by atoms with Crippen molar-refractivity contribution in [1.29, 1.82) is 0 Å². The molecular weight excluding hydrogens is 473 g/mol. The van der Waals surface area contributed by atoms with Crippen molar-refractivity contribution in [1.82, 2.24) is 15.6 Å². The number of guanidine groups is 1. The number of nitrogens with one attached hydrogen (secondary N) is 3. The smallest absolute Gasteiger partial charge is 0.252 e. The highest BCUT2D eigenvalue weighted by atomic mass is 127. The number of nitrogens with zero attached hydrogens (tertiary/aromatic N) is 2. The van der Waals surface area contributed by atoms with E-state index < -0.39 is 0 Å². The molecule has 0 bridgehead atoms. The standard InChI is InChI=1S/C19H25N5O3.HI/c1-4-21-19(24-15-7-8-16(26-2)17(12-15)27-3)23-11-10-22-18(25)14-6-5-9-20-13-14;/h5-9,12-13H,4,10-11H2,1-3H3,(H,22,25)(H2,21,23,24);1H. The van der Waals surface area contributed by atoms with Crippen LogP contribution < -0.4 is 25.4 Å². The van der Waals surface area contributed by atoms with E-state index in [-0.39, 0.29) is 29.9 Å². The molecule has 0 aliphatic heterocycles. The molecule has 0 spiro atoms. The number of carbonyl (C=O) groups is 1. The summed E-state index contributed by atoms with van der Waals surface area (Å²) >= 11 is 0. The predicted octanol–water partition coefficient (Wildman–Crippen LogP) is 2.52. The molecule has 9 heteroatoms. The number of aliphatic imine (C=N–C) groups is 1. The van der Waals surface area contributed by atoms with Crippen LogP contribution in [-0.4, -0.2) is 50.7 Å². The molecule has 1 amide bonds. The van der Waals surface area contributed by atoms with E-state index in [9.17, 15) is 4.79 Å². The van der Waals surface area contributed by atoms with Crippen LogP contribution in [0.3, 0.4) is 0 Å². The predicted molar refractivity (Wildman–Crippen MR) is 121 cm³/mol. The van der Waals surface area contributed by atoms with Crippen LogP contribution in [-0.2, 0) is 0 Å². The van der Waals surface area contributed by atoms with Gasteiger partial charge >= 0.3 is 0 Å². The lowest BCUT2D eigenvalue weighted by Gasteiger charge is -2.14. The zero-order valence-electron chi connectivity index (χ0n) is 16.2. The molecule has 1 aromatic heterocycles. The molecule has 3 N–H and O–H groups in total. The van der Waals surface area contributed by atoms with Gasteiger partial charge in [-0.1, -0.05) is 0 Å². The molecule has 1 aromatic carbocycles. The average Bonchev–Trinajstić information content (AvgIpc) is 2.71. The van der Waals surface area contributed by atoms with Gasteiger partial charge in [-0.25, -0.2) is 0 Å². The van der Waals surface area contributed by atoms with Gasteiger partial charge in [-0.15, -0.1) is 24.0 Å². The number of rotatable bonds is 8. The van der Waals surface area contributed by atoms with Gasteiger partial charge in [-0.3, -0.25) is 14.8 Å². The number of pyridine rings is 1. The summed E-state index contributed by atoms with van der Waals surface area (Å²) in [5, 5.41) is 9.18. The van der Waals surface area contributed by atoms with E-state index >= 15 is 0 Å². The highest BCUT2D eigenvalue weighted by molar-refractivity contribution is 14.0. The topological polar surface area (TPSA) is 96.9 Å². The molecule has 0 fully saturated rings. The van der Waals surface area contributed by atoms with Crippen molar-refractivity contribution in [2.75, 3.05) is 39.2 Å². The minimum atomic E-state index is -0.170. The van der Waals surface area contributed by atoms with Crippen molar-refractivity contribution < 1.29 is 14.3 Å². The number of benzene rings is 1. The lowest BCUT2D eigenvalue weighted by atomic mass is 10.2. The number of carbonyl (C=O) groups excluding carboxylic acids is 1. The third-order valence-electron chi connectivity index (χ3n) is 3.58. The van der Waals surface area contributed by atoms with Crippen molar-refractivity contribution >= 4 is 41.5 Å². The molecular formula is C19H26IN5O3. The van der Waals surface area contributed by atoms with Gasteiger partial charge in [0.1, 0.15) is 0 Å². The summed E-state index contributed by atoms with van der Waals surface area (Å²) in [5.41, 5.74) is 1.34. The number of hydrogen-bond donors (Lipinski definition) is 3. The van der Waals surface area contributed by atoms with Crippen LogP contribution >= 0.6 is 24.0 Å². The first-order valence-corrected chi connectivity index (χ1v) is 8.63. The number of aromatic nitrogens is 1. The normalized spacial score (nSPS) is 10.5. The van der Waals surface area contributed by atoms with Crippen LogP contribution in [0.5, 0.6) is 11.5 Å². The summed E-state index contributed by atoms with van der Waals surface area (Å²) in [6.07, 6.45) is 3.16. The maximum atomic E-state index is 12.0. The fourth-order valence-corrected chi connectivity index (χ4v) is 2.29. The van der Waals surface area contributed by atoms with Crippen molar-refractivity contribution in [3.63, 3.8) is 0 Å². The molecule has 1 heterocycles. The van der Waals surface area contributed by atoms with Gasteiger partial charge in [0.2, 0.25) is 0 Å². The Balaban J connectivity index is 0.00000392. The number of hydrogen-bond acceptors (Lipinski definition) is 5. The van der Waals surface area contributed by atoms with Crippen LogP contribution in [0.15, 0.2) is 47.7 Å². The molecule has 8 nitrogen and oxygen atoms in total. The first kappa shape index (κ1) is 23.5. The second kappa shape index (κ2) is 12.8. The molecule has 0 unspecified atom stereocenters. The second-order valence-electron chi connectivity index (χ2n) is 5.45. The lowest BCUT2D eigenvalue weighted by Crippen LogP contribution is -2.32. The highest BCUT2D eigenvalue weighted by Gasteiger charge is 2.07. The van der Waals surface area contributed by atoms with Gasteiger partial charge in [0, 0.05) is 37.2 Å². The third kappa shape index (κ3) is 7.22. The number of methoxy groups -OCH3 is 2. The minimum absolute atomic E-state index is 0. The van der Waals surface area contributed by atoms with Crippen LogP contribution in [0.25, 0.3) is 0 Å². The van der Waals surface area contributed by atoms with Crippen molar-refractivity contribution in [2.45, 2.75) is 6.92 Å². The quantitative estimate of drug-likeness (QED) is 0.224. The van der Waals surface area contributed by atoms with Gasteiger partial charge in [-0.05, 0) is 31.2 Å². The van der Waals surface area contributed by atoms with Crippen LogP contribution in [0, 0.1) is 0 Å². The maximum Gasteiger partial charge on any atom is 0.252 e. The molecule has 0 radical (unpaired) electrons. The van der Waals surface area contributed by atoms with Crippen molar-refractivity contribution in [3.8, 4) is 11.5 Å². The molecule has 0 saturated heterocycles. The highest BCUT2D eigenvalue weighted by Crippen LogP contribution is 2.29. The first-order valence-electron chi connectivity index (χ1n) is 8.63. The largest absolute Gasteiger partial charge is 0.493 e. The molecule has 0 aliphatic rings. The Morgan fingerprint density at radius 2 is 1.93 bits per heavy atom. The van der Waals surface area contributed by atoms with Gasteiger partial charge in [0.05, 0.1) is 26.3 Å². The zero-order valence-corrected chi connectivity index (χ0v) is 18.5. The van der Waals surface area contributed by atoms with Gasteiger partial charge in [-0.2, -0.15) is 0 Å². The SMILES string of the molecule is CCNC(=NCCNC(=O)c1cccnc1)Nc1ccc(OC)c(OC)c1.I. The summed E-state index contributed by atoms with van der Waals surface area (Å²) in [6.45, 7) is 3.53. The molecule has 0 aliphatic carbocycles. The fourth-order valence-electron chi connectivity index (χ4n) is 2.29. The van der Waals surface area contributed by atoms with Crippen LogP contribution in [0.2, 0.25) is 0 Å². The molecule has 0 saturated carbocycles. The van der Waals surface area contributed by atoms with E-state index in [2.05, 4.69) is 25.9 Å². The molecule has 0 atom stereocenters. The van der Waals surface area contributed by atoms with Gasteiger partial charge < -0.3 is 25.4 Å². The summed E-state index contributed by atoms with van der Waals surface area (Å²) in [7, 11) is 3.18. The first-order chi connectivity index (χ1) is 13.2. The minimum Gasteiger partial charge on any atom is -0.493 e. The van der Waals surface area contributed by atoms with E-state index in [1.165, 1.54) is 6.20 Å². The Bertz CT molecular complexity index is 771. The third-order valence-corrected chi connectivity index (χ3v) is 3.58. The summed E-state index contributed by atoms with van der Waals surface area (Å²) in [6, 6.07) is 8.96. The molecule has 28 heavy (non-hydrogen) atoms. The molecule has 2 aromatic rings. The number of anilines is 1. The van der Waals surface area contributed by atoms with Gasteiger partial charge in [0.15, 0.2) is 17.5 Å². The Morgan fingerprint density at radius 3 is 2.57 bits per heavy atom. The van der Waals surface area contributed by atoms with Crippen molar-refractivity contribution in [3.05, 3.63) is 48.3 Å². The Kier molecular flexibility index (Phi) is 10.7.